The second-order valence-corrected chi connectivity index (χ2v) is 9.46. The van der Waals surface area contributed by atoms with Crippen LogP contribution in [-0.4, -0.2) is 26.6 Å². The normalized spacial score (nSPS) is 11.2. The quantitative estimate of drug-likeness (QED) is 0.289. The van der Waals surface area contributed by atoms with Gasteiger partial charge in [0.05, 0.1) is 11.4 Å². The van der Waals surface area contributed by atoms with Crippen LogP contribution in [0.15, 0.2) is 75.1 Å². The highest BCUT2D eigenvalue weighted by Crippen LogP contribution is 2.25. The zero-order valence-electron chi connectivity index (χ0n) is 17.8. The molecule has 0 aliphatic rings. The van der Waals surface area contributed by atoms with Crippen molar-refractivity contribution in [2.45, 2.75) is 35.9 Å². The van der Waals surface area contributed by atoms with Gasteiger partial charge >= 0.3 is 0 Å². The highest BCUT2D eigenvalue weighted by atomic mass is 32.2. The Bertz CT molecular complexity index is 1110. The number of benzene rings is 2. The van der Waals surface area contributed by atoms with Crippen molar-refractivity contribution in [3.05, 3.63) is 72.1 Å². The molecule has 4 aromatic rings. The molecule has 7 heteroatoms. The molecule has 2 heterocycles. The maximum Gasteiger partial charge on any atom is 0.237 e. The summed E-state index contributed by atoms with van der Waals surface area (Å²) >= 11 is 3.23. The second-order valence-electron chi connectivity index (χ2n) is 7.58. The van der Waals surface area contributed by atoms with Crippen LogP contribution >= 0.6 is 23.5 Å². The number of aromatic nitrogens is 4. The molecule has 0 radical (unpaired) electrons. The fraction of sp³-hybridized carbons (Fsp3) is 0.250. The minimum absolute atomic E-state index is 0.549. The Balaban J connectivity index is 1.36. The van der Waals surface area contributed by atoms with E-state index >= 15 is 0 Å². The molecular formula is C24H24N4OS2. The van der Waals surface area contributed by atoms with Crippen molar-refractivity contribution in [3.8, 4) is 22.6 Å². The number of hydrogen-bond donors (Lipinski definition) is 0. The van der Waals surface area contributed by atoms with E-state index < -0.39 is 0 Å². The maximum absolute atomic E-state index is 5.39. The van der Waals surface area contributed by atoms with Crippen LogP contribution in [0.5, 0.6) is 0 Å². The minimum Gasteiger partial charge on any atom is -0.338 e. The molecule has 0 N–H and O–H groups in total. The number of nitrogens with zero attached hydrogens (tertiary/aromatic N) is 4. The van der Waals surface area contributed by atoms with Crippen molar-refractivity contribution in [2.75, 3.05) is 6.26 Å². The molecule has 5 nitrogen and oxygen atoms in total. The summed E-state index contributed by atoms with van der Waals surface area (Å²) in [6.45, 7) is 4.46. The lowest BCUT2D eigenvalue weighted by Gasteiger charge is -2.06. The molecule has 2 aromatic heterocycles. The molecule has 0 bridgehead atoms. The van der Waals surface area contributed by atoms with Gasteiger partial charge in [-0.1, -0.05) is 55.0 Å². The Labute approximate surface area is 191 Å². The molecule has 0 unspecified atom stereocenters. The van der Waals surface area contributed by atoms with Gasteiger partial charge in [0.1, 0.15) is 5.03 Å². The van der Waals surface area contributed by atoms with Crippen LogP contribution in [-0.2, 0) is 12.2 Å². The van der Waals surface area contributed by atoms with E-state index in [0.717, 1.165) is 28.3 Å². The number of rotatable bonds is 8. The highest BCUT2D eigenvalue weighted by Gasteiger charge is 2.10. The zero-order valence-corrected chi connectivity index (χ0v) is 19.4. The fourth-order valence-corrected chi connectivity index (χ4v) is 4.20. The van der Waals surface area contributed by atoms with Gasteiger partial charge in [0.25, 0.3) is 0 Å². The van der Waals surface area contributed by atoms with Crippen LogP contribution < -0.4 is 0 Å². The summed E-state index contributed by atoms with van der Waals surface area (Å²) in [6.07, 6.45) is 3.14. The molecule has 4 rings (SSSR count). The van der Waals surface area contributed by atoms with Gasteiger partial charge in [0.2, 0.25) is 11.7 Å². The lowest BCUT2D eigenvalue weighted by Crippen LogP contribution is -1.94. The van der Waals surface area contributed by atoms with E-state index in [2.05, 4.69) is 76.8 Å². The Morgan fingerprint density at radius 2 is 1.61 bits per heavy atom. The van der Waals surface area contributed by atoms with Crippen LogP contribution in [0.25, 0.3) is 22.6 Å². The lowest BCUT2D eigenvalue weighted by molar-refractivity contribution is 0.391. The van der Waals surface area contributed by atoms with Crippen molar-refractivity contribution in [2.24, 2.45) is 5.92 Å². The van der Waals surface area contributed by atoms with Crippen LogP contribution in [0.4, 0.5) is 0 Å². The molecule has 158 valence electrons. The van der Waals surface area contributed by atoms with Gasteiger partial charge in [-0.15, -0.1) is 22.0 Å². The summed E-state index contributed by atoms with van der Waals surface area (Å²) in [4.78, 5) is 5.70. The molecular weight excluding hydrogens is 424 g/mol. The number of thioether (sulfide) groups is 2. The monoisotopic (exact) mass is 448 g/mol. The van der Waals surface area contributed by atoms with Crippen molar-refractivity contribution >= 4 is 23.5 Å². The summed E-state index contributed by atoms with van der Waals surface area (Å²) in [5.41, 5.74) is 4.24. The van der Waals surface area contributed by atoms with Gasteiger partial charge in [0, 0.05) is 16.0 Å². The standard InChI is InChI=1S/C24H24N4OS2/c1-16(2)14-17-4-6-18(7-5-17)21-12-13-23(27-26-21)31-15-22-25-24(28-29-22)19-8-10-20(30-3)11-9-19/h4-13,16H,14-15H2,1-3H3. The fourth-order valence-electron chi connectivity index (χ4n) is 3.14. The van der Waals surface area contributed by atoms with E-state index in [4.69, 9.17) is 4.52 Å². The largest absolute Gasteiger partial charge is 0.338 e. The zero-order chi connectivity index (χ0) is 21.6. The Hall–Kier alpha value is -2.64. The van der Waals surface area contributed by atoms with E-state index in [0.29, 0.717) is 23.4 Å². The Morgan fingerprint density at radius 1 is 0.871 bits per heavy atom. The summed E-state index contributed by atoms with van der Waals surface area (Å²) in [5, 5.41) is 13.6. The number of hydrogen-bond acceptors (Lipinski definition) is 7. The molecule has 0 saturated carbocycles. The molecule has 0 spiro atoms. The summed E-state index contributed by atoms with van der Waals surface area (Å²) < 4.78 is 5.39. The lowest BCUT2D eigenvalue weighted by atomic mass is 10.0. The van der Waals surface area contributed by atoms with E-state index in [1.165, 1.54) is 22.2 Å². The summed E-state index contributed by atoms with van der Waals surface area (Å²) in [6, 6.07) is 20.7. The topological polar surface area (TPSA) is 64.7 Å². The average molecular weight is 449 g/mol. The van der Waals surface area contributed by atoms with Crippen molar-refractivity contribution in [1.82, 2.24) is 20.3 Å². The van der Waals surface area contributed by atoms with Crippen LogP contribution in [0.2, 0.25) is 0 Å². The molecule has 0 atom stereocenters. The third kappa shape index (κ3) is 5.74. The smallest absolute Gasteiger partial charge is 0.237 e. The summed E-state index contributed by atoms with van der Waals surface area (Å²) in [5.74, 6) is 2.37. The molecule has 0 fully saturated rings. The Kier molecular flexibility index (Phi) is 7.04. The van der Waals surface area contributed by atoms with Crippen LogP contribution in [0.1, 0.15) is 25.3 Å². The summed E-state index contributed by atoms with van der Waals surface area (Å²) in [7, 11) is 0. The molecule has 0 amide bonds. The van der Waals surface area contributed by atoms with Crippen molar-refractivity contribution in [3.63, 3.8) is 0 Å². The average Bonchev–Trinajstić information content (AvgIpc) is 3.27. The first-order valence-electron chi connectivity index (χ1n) is 10.1. The first-order chi connectivity index (χ1) is 15.1. The van der Waals surface area contributed by atoms with Gasteiger partial charge < -0.3 is 4.52 Å². The van der Waals surface area contributed by atoms with Gasteiger partial charge in [-0.3, -0.25) is 0 Å². The molecule has 2 aromatic carbocycles. The molecule has 0 aliphatic carbocycles. The molecule has 0 saturated heterocycles. The predicted octanol–water partition coefficient (Wildman–Crippen LogP) is 6.41. The van der Waals surface area contributed by atoms with E-state index in [9.17, 15) is 0 Å². The second kappa shape index (κ2) is 10.1. The maximum atomic E-state index is 5.39. The van der Waals surface area contributed by atoms with E-state index in [-0.39, 0.29) is 0 Å². The van der Waals surface area contributed by atoms with Gasteiger partial charge in [-0.25, -0.2) is 0 Å². The first-order valence-corrected chi connectivity index (χ1v) is 12.3. The Morgan fingerprint density at radius 3 is 2.26 bits per heavy atom. The molecule has 0 aliphatic heterocycles. The van der Waals surface area contributed by atoms with Crippen LogP contribution in [0.3, 0.4) is 0 Å². The van der Waals surface area contributed by atoms with Crippen LogP contribution in [0, 0.1) is 5.92 Å². The molecule has 31 heavy (non-hydrogen) atoms. The van der Waals surface area contributed by atoms with Gasteiger partial charge in [0.15, 0.2) is 0 Å². The van der Waals surface area contributed by atoms with Crippen molar-refractivity contribution in [1.29, 1.82) is 0 Å². The SMILES string of the molecule is CSc1ccc(-c2noc(CSc3ccc(-c4ccc(CC(C)C)cc4)nn3)n2)cc1. The predicted molar refractivity (Wildman–Crippen MR) is 127 cm³/mol. The van der Waals surface area contributed by atoms with Crippen molar-refractivity contribution < 1.29 is 4.52 Å². The first kappa shape index (κ1) is 21.6. The van der Waals surface area contributed by atoms with Gasteiger partial charge in [-0.05, 0) is 60.6 Å². The highest BCUT2D eigenvalue weighted by molar-refractivity contribution is 7.98. The van der Waals surface area contributed by atoms with Gasteiger partial charge in [-0.2, -0.15) is 4.98 Å². The minimum atomic E-state index is 0.549. The van der Waals surface area contributed by atoms with E-state index in [1.54, 1.807) is 11.8 Å². The third-order valence-corrected chi connectivity index (χ3v) is 6.34. The van der Waals surface area contributed by atoms with E-state index in [1.807, 2.05) is 24.3 Å². The third-order valence-electron chi connectivity index (χ3n) is 4.69.